The van der Waals surface area contributed by atoms with E-state index in [1.165, 1.54) is 6.07 Å². The van der Waals surface area contributed by atoms with Gasteiger partial charge in [-0.3, -0.25) is 5.32 Å². The van der Waals surface area contributed by atoms with Crippen LogP contribution in [0.25, 0.3) is 16.9 Å². The zero-order valence-corrected chi connectivity index (χ0v) is 20.6. The van der Waals surface area contributed by atoms with Gasteiger partial charge in [-0.1, -0.05) is 0 Å². The lowest BCUT2D eigenvalue weighted by atomic mass is 10.1. The summed E-state index contributed by atoms with van der Waals surface area (Å²) in [5.41, 5.74) is -3.82. The molecule has 0 fully saturated rings. The number of rotatable bonds is 5. The zero-order chi connectivity index (χ0) is 28.7. The van der Waals surface area contributed by atoms with E-state index in [0.29, 0.717) is 0 Å². The molecule has 1 N–H and O–H groups in total. The Morgan fingerprint density at radius 1 is 0.921 bits per heavy atom. The summed E-state index contributed by atoms with van der Waals surface area (Å²) in [4.78, 5) is 18.7. The number of nitrogens with zero attached hydrogens (tertiary/aromatic N) is 4. The standard InChI is InChI=1S/C23H22F7N5O3/c1-20(2,3)38-19(36)33-17-9-16(35(34-17)14-10-31-18(32-11-14)22(25,26)27)12-6-13(24)8-15(7-12)37-21(4,5)23(28,29)30/h6-11H,1-5H3,(H,33,34,36). The van der Waals surface area contributed by atoms with E-state index in [1.54, 1.807) is 20.8 Å². The summed E-state index contributed by atoms with van der Waals surface area (Å²) in [5, 5.41) is 6.43. The molecule has 0 aliphatic carbocycles. The van der Waals surface area contributed by atoms with Gasteiger partial charge in [0.15, 0.2) is 11.4 Å². The number of alkyl halides is 6. The normalized spacial score (nSPS) is 12.8. The average molecular weight is 549 g/mol. The van der Waals surface area contributed by atoms with Crippen molar-refractivity contribution in [3.63, 3.8) is 0 Å². The van der Waals surface area contributed by atoms with Gasteiger partial charge in [-0.2, -0.15) is 26.3 Å². The molecule has 3 rings (SSSR count). The Morgan fingerprint density at radius 3 is 2.05 bits per heavy atom. The summed E-state index contributed by atoms with van der Waals surface area (Å²) in [6.45, 7) is 6.32. The molecule has 8 nitrogen and oxygen atoms in total. The van der Waals surface area contributed by atoms with Crippen molar-refractivity contribution < 1.29 is 45.0 Å². The van der Waals surface area contributed by atoms with Crippen molar-refractivity contribution in [1.82, 2.24) is 19.7 Å². The van der Waals surface area contributed by atoms with Crippen LogP contribution in [0, 0.1) is 5.82 Å². The molecule has 38 heavy (non-hydrogen) atoms. The number of carbonyl (C=O) groups excluding carboxylic acids is 1. The minimum absolute atomic E-state index is 0.0476. The summed E-state index contributed by atoms with van der Waals surface area (Å²) in [7, 11) is 0. The van der Waals surface area contributed by atoms with Crippen LogP contribution in [0.5, 0.6) is 5.75 Å². The zero-order valence-electron chi connectivity index (χ0n) is 20.6. The van der Waals surface area contributed by atoms with Crippen molar-refractivity contribution in [2.24, 2.45) is 0 Å². The lowest BCUT2D eigenvalue weighted by Gasteiger charge is -2.29. The van der Waals surface area contributed by atoms with Crippen LogP contribution in [0.2, 0.25) is 0 Å². The minimum Gasteiger partial charge on any atom is -0.478 e. The van der Waals surface area contributed by atoms with Gasteiger partial charge in [-0.15, -0.1) is 5.10 Å². The van der Waals surface area contributed by atoms with Crippen LogP contribution >= 0.6 is 0 Å². The number of benzene rings is 1. The lowest BCUT2D eigenvalue weighted by molar-refractivity contribution is -0.234. The van der Waals surface area contributed by atoms with E-state index in [-0.39, 0.29) is 22.8 Å². The highest BCUT2D eigenvalue weighted by Crippen LogP contribution is 2.36. The van der Waals surface area contributed by atoms with Crippen LogP contribution in [-0.2, 0) is 10.9 Å². The first-order valence-electron chi connectivity index (χ1n) is 10.8. The predicted octanol–water partition coefficient (Wildman–Crippen LogP) is 6.55. The van der Waals surface area contributed by atoms with Crippen molar-refractivity contribution in [2.45, 2.75) is 58.2 Å². The fourth-order valence-corrected chi connectivity index (χ4v) is 2.95. The fourth-order valence-electron chi connectivity index (χ4n) is 2.95. The molecular weight excluding hydrogens is 527 g/mol. The van der Waals surface area contributed by atoms with E-state index in [4.69, 9.17) is 9.47 Å². The predicted molar refractivity (Wildman–Crippen MR) is 120 cm³/mol. The molecule has 1 amide bonds. The van der Waals surface area contributed by atoms with Gasteiger partial charge in [0, 0.05) is 17.7 Å². The molecule has 2 heterocycles. The molecule has 3 aromatic rings. The van der Waals surface area contributed by atoms with Crippen molar-refractivity contribution in [2.75, 3.05) is 5.32 Å². The molecule has 0 atom stereocenters. The molecule has 15 heteroatoms. The first-order valence-corrected chi connectivity index (χ1v) is 10.8. The Hall–Kier alpha value is -3.91. The molecule has 0 bridgehead atoms. The van der Waals surface area contributed by atoms with Crippen LogP contribution in [0.3, 0.4) is 0 Å². The van der Waals surface area contributed by atoms with E-state index < -0.39 is 47.0 Å². The minimum atomic E-state index is -4.82. The second-order valence-corrected chi connectivity index (χ2v) is 9.50. The molecule has 0 aliphatic rings. The van der Waals surface area contributed by atoms with Crippen molar-refractivity contribution in [3.8, 4) is 22.7 Å². The van der Waals surface area contributed by atoms with Crippen LogP contribution in [-0.4, -0.2) is 43.2 Å². The molecular formula is C23H22F7N5O3. The maximum absolute atomic E-state index is 14.5. The van der Waals surface area contributed by atoms with E-state index in [0.717, 1.165) is 49.1 Å². The van der Waals surface area contributed by atoms with Gasteiger partial charge in [0.05, 0.1) is 18.1 Å². The first-order chi connectivity index (χ1) is 17.2. The fraction of sp³-hybridized carbons (Fsp3) is 0.391. The Morgan fingerprint density at radius 2 is 1.53 bits per heavy atom. The van der Waals surface area contributed by atoms with Gasteiger partial charge in [0.1, 0.15) is 22.9 Å². The number of carbonyl (C=O) groups is 1. The number of hydrogen-bond acceptors (Lipinski definition) is 6. The third-order valence-electron chi connectivity index (χ3n) is 4.70. The largest absolute Gasteiger partial charge is 0.478 e. The van der Waals surface area contributed by atoms with Crippen LogP contribution in [0.4, 0.5) is 41.3 Å². The summed E-state index contributed by atoms with van der Waals surface area (Å²) in [5.74, 6) is -3.07. The van der Waals surface area contributed by atoms with Gasteiger partial charge in [0.25, 0.3) is 0 Å². The summed E-state index contributed by atoms with van der Waals surface area (Å²) in [6.07, 6.45) is -8.97. The Labute approximate surface area is 211 Å². The second-order valence-electron chi connectivity index (χ2n) is 9.50. The Balaban J connectivity index is 2.10. The smallest absolute Gasteiger partial charge is 0.451 e. The van der Waals surface area contributed by atoms with E-state index in [1.807, 2.05) is 0 Å². The van der Waals surface area contributed by atoms with Gasteiger partial charge in [-0.25, -0.2) is 23.8 Å². The molecule has 0 spiro atoms. The topological polar surface area (TPSA) is 91.2 Å². The molecule has 2 aromatic heterocycles. The van der Waals surface area contributed by atoms with Gasteiger partial charge in [-0.05, 0) is 46.8 Å². The second kappa shape index (κ2) is 9.76. The van der Waals surface area contributed by atoms with E-state index in [2.05, 4.69) is 20.4 Å². The lowest BCUT2D eigenvalue weighted by Crippen LogP contribution is -2.44. The number of aromatic nitrogens is 4. The summed E-state index contributed by atoms with van der Waals surface area (Å²) in [6, 6.07) is 3.95. The highest BCUT2D eigenvalue weighted by Gasteiger charge is 2.50. The Bertz CT molecular complexity index is 1310. The van der Waals surface area contributed by atoms with Crippen LogP contribution < -0.4 is 10.1 Å². The number of anilines is 1. The highest BCUT2D eigenvalue weighted by atomic mass is 19.4. The van der Waals surface area contributed by atoms with Crippen molar-refractivity contribution >= 4 is 11.9 Å². The SMILES string of the molecule is CC(C)(C)OC(=O)Nc1cc(-c2cc(F)cc(OC(C)(C)C(F)(F)F)c2)n(-c2cnc(C(F)(F)F)nc2)n1. The molecule has 0 saturated heterocycles. The maximum Gasteiger partial charge on any atom is 0.451 e. The number of halogens is 7. The highest BCUT2D eigenvalue weighted by molar-refractivity contribution is 5.85. The van der Waals surface area contributed by atoms with Crippen molar-refractivity contribution in [3.05, 3.63) is 48.3 Å². The number of hydrogen-bond donors (Lipinski definition) is 1. The molecule has 0 unspecified atom stereocenters. The number of amides is 1. The molecule has 0 radical (unpaired) electrons. The molecule has 0 saturated carbocycles. The van der Waals surface area contributed by atoms with Gasteiger partial charge < -0.3 is 9.47 Å². The van der Waals surface area contributed by atoms with Crippen molar-refractivity contribution in [1.29, 1.82) is 0 Å². The van der Waals surface area contributed by atoms with Crippen LogP contribution in [0.15, 0.2) is 36.7 Å². The third-order valence-corrected chi connectivity index (χ3v) is 4.70. The molecule has 1 aromatic carbocycles. The third kappa shape index (κ3) is 6.89. The summed E-state index contributed by atoms with van der Waals surface area (Å²) < 4.78 is 104. The van der Waals surface area contributed by atoms with Crippen LogP contribution in [0.1, 0.15) is 40.4 Å². The average Bonchev–Trinajstić information content (AvgIpc) is 3.14. The number of nitrogens with one attached hydrogen (secondary N) is 1. The number of ether oxygens (including phenoxy) is 2. The summed E-state index contributed by atoms with van der Waals surface area (Å²) >= 11 is 0. The van der Waals surface area contributed by atoms with Gasteiger partial charge >= 0.3 is 18.4 Å². The van der Waals surface area contributed by atoms with E-state index in [9.17, 15) is 35.5 Å². The molecule has 0 aliphatic heterocycles. The first kappa shape index (κ1) is 28.7. The van der Waals surface area contributed by atoms with E-state index >= 15 is 0 Å². The monoisotopic (exact) mass is 549 g/mol. The van der Waals surface area contributed by atoms with Gasteiger partial charge in [0.2, 0.25) is 5.82 Å². The Kier molecular flexibility index (Phi) is 7.36. The maximum atomic E-state index is 14.5. The quantitative estimate of drug-likeness (QED) is 0.363. The molecule has 206 valence electrons.